The van der Waals surface area contributed by atoms with Gasteiger partial charge in [-0.15, -0.1) is 0 Å². The van der Waals surface area contributed by atoms with Crippen molar-refractivity contribution in [1.29, 1.82) is 0 Å². The Morgan fingerprint density at radius 1 is 1.56 bits per heavy atom. The maximum Gasteiger partial charge on any atom is 0.125 e. The van der Waals surface area contributed by atoms with Gasteiger partial charge in [0.25, 0.3) is 0 Å². The number of nitrogens with zero attached hydrogens (tertiary/aromatic N) is 1. The number of rotatable bonds is 4. The van der Waals surface area contributed by atoms with Gasteiger partial charge in [0.05, 0.1) is 6.61 Å². The summed E-state index contributed by atoms with van der Waals surface area (Å²) in [6.45, 7) is 1.90. The first-order chi connectivity index (χ1) is 8.61. The number of benzene rings is 1. The highest BCUT2D eigenvalue weighted by Crippen LogP contribution is 2.26. The first-order valence-corrected chi connectivity index (χ1v) is 6.45. The van der Waals surface area contributed by atoms with Gasteiger partial charge in [0.1, 0.15) is 5.82 Å². The van der Waals surface area contributed by atoms with Crippen LogP contribution in [0, 0.1) is 5.82 Å². The Kier molecular flexibility index (Phi) is 4.56. The minimum absolute atomic E-state index is 0.0371. The molecule has 1 aromatic carbocycles. The summed E-state index contributed by atoms with van der Waals surface area (Å²) in [6, 6.07) is 4.87. The summed E-state index contributed by atoms with van der Waals surface area (Å²) in [6.07, 6.45) is 0.982. The smallest absolute Gasteiger partial charge is 0.125 e. The van der Waals surface area contributed by atoms with E-state index < -0.39 is 0 Å². The van der Waals surface area contributed by atoms with Gasteiger partial charge in [-0.25, -0.2) is 4.39 Å². The standard InChI is InChI=1S/C13H18ClFN2O/c1-17(12-2-3-18-8-12)13(7-16)9-4-10(14)6-11(15)5-9/h4-6,12-13H,2-3,7-8,16H2,1H3. The lowest BCUT2D eigenvalue weighted by Gasteiger charge is -2.31. The molecule has 0 amide bonds. The minimum atomic E-state index is -0.327. The average Bonchev–Trinajstić information content (AvgIpc) is 2.81. The van der Waals surface area contributed by atoms with E-state index in [1.54, 1.807) is 6.07 Å². The Morgan fingerprint density at radius 3 is 2.89 bits per heavy atom. The average molecular weight is 273 g/mol. The molecular weight excluding hydrogens is 255 g/mol. The summed E-state index contributed by atoms with van der Waals surface area (Å²) in [5, 5.41) is 0.402. The van der Waals surface area contributed by atoms with Crippen molar-refractivity contribution < 1.29 is 9.13 Å². The molecule has 1 aromatic rings. The van der Waals surface area contributed by atoms with Crippen LogP contribution in [0.25, 0.3) is 0 Å². The first-order valence-electron chi connectivity index (χ1n) is 6.07. The van der Waals surface area contributed by atoms with Crippen LogP contribution in [0.3, 0.4) is 0 Å². The van der Waals surface area contributed by atoms with Gasteiger partial charge in [0.15, 0.2) is 0 Å². The lowest BCUT2D eigenvalue weighted by molar-refractivity contribution is 0.134. The summed E-state index contributed by atoms with van der Waals surface area (Å²) in [5.74, 6) is -0.327. The van der Waals surface area contributed by atoms with Gasteiger partial charge in [-0.3, -0.25) is 4.90 Å². The molecule has 1 fully saturated rings. The van der Waals surface area contributed by atoms with Gasteiger partial charge < -0.3 is 10.5 Å². The monoisotopic (exact) mass is 272 g/mol. The third kappa shape index (κ3) is 3.01. The van der Waals surface area contributed by atoms with E-state index in [9.17, 15) is 4.39 Å². The SMILES string of the molecule is CN(C1CCOC1)C(CN)c1cc(F)cc(Cl)c1. The second-order valence-electron chi connectivity index (χ2n) is 4.64. The molecule has 100 valence electrons. The lowest BCUT2D eigenvalue weighted by Crippen LogP contribution is -2.39. The highest BCUT2D eigenvalue weighted by Gasteiger charge is 2.26. The van der Waals surface area contributed by atoms with E-state index in [1.165, 1.54) is 12.1 Å². The minimum Gasteiger partial charge on any atom is -0.380 e. The van der Waals surface area contributed by atoms with Gasteiger partial charge in [0.2, 0.25) is 0 Å². The molecule has 2 N–H and O–H groups in total. The fourth-order valence-corrected chi connectivity index (χ4v) is 2.63. The van der Waals surface area contributed by atoms with E-state index in [0.717, 1.165) is 18.6 Å². The predicted molar refractivity (Wildman–Crippen MR) is 70.2 cm³/mol. The highest BCUT2D eigenvalue weighted by molar-refractivity contribution is 6.30. The highest BCUT2D eigenvalue weighted by atomic mass is 35.5. The van der Waals surface area contributed by atoms with E-state index >= 15 is 0 Å². The Balaban J connectivity index is 2.20. The van der Waals surface area contributed by atoms with Crippen molar-refractivity contribution in [1.82, 2.24) is 4.90 Å². The number of likely N-dealkylation sites (N-methyl/N-ethyl adjacent to an activating group) is 1. The van der Waals surface area contributed by atoms with Gasteiger partial charge >= 0.3 is 0 Å². The van der Waals surface area contributed by atoms with E-state index in [2.05, 4.69) is 4.90 Å². The fraction of sp³-hybridized carbons (Fsp3) is 0.538. The quantitative estimate of drug-likeness (QED) is 0.913. The van der Waals surface area contributed by atoms with Crippen LogP contribution in [-0.4, -0.2) is 37.7 Å². The zero-order valence-corrected chi connectivity index (χ0v) is 11.2. The van der Waals surface area contributed by atoms with Crippen molar-refractivity contribution in [2.45, 2.75) is 18.5 Å². The summed E-state index contributed by atoms with van der Waals surface area (Å²) < 4.78 is 18.8. The van der Waals surface area contributed by atoms with Crippen LogP contribution >= 0.6 is 11.6 Å². The van der Waals surface area contributed by atoms with Crippen LogP contribution < -0.4 is 5.73 Å². The molecule has 2 rings (SSSR count). The van der Waals surface area contributed by atoms with Crippen molar-refractivity contribution in [3.8, 4) is 0 Å². The second-order valence-corrected chi connectivity index (χ2v) is 5.07. The Bertz CT molecular complexity index is 390. The molecule has 5 heteroatoms. The predicted octanol–water partition coefficient (Wildman–Crippen LogP) is 2.20. The van der Waals surface area contributed by atoms with Crippen LogP contribution in [0.1, 0.15) is 18.0 Å². The fourth-order valence-electron chi connectivity index (χ4n) is 2.40. The Morgan fingerprint density at radius 2 is 2.33 bits per heavy atom. The molecule has 0 aromatic heterocycles. The molecule has 2 atom stereocenters. The lowest BCUT2D eigenvalue weighted by atomic mass is 10.0. The summed E-state index contributed by atoms with van der Waals surface area (Å²) in [5.41, 5.74) is 6.64. The second kappa shape index (κ2) is 5.97. The van der Waals surface area contributed by atoms with Crippen LogP contribution in [0.15, 0.2) is 18.2 Å². The van der Waals surface area contributed by atoms with Crippen molar-refractivity contribution in [2.75, 3.05) is 26.8 Å². The van der Waals surface area contributed by atoms with Crippen molar-refractivity contribution in [2.24, 2.45) is 5.73 Å². The van der Waals surface area contributed by atoms with Gasteiger partial charge in [-0.2, -0.15) is 0 Å². The Hall–Kier alpha value is -0.680. The molecule has 18 heavy (non-hydrogen) atoms. The number of ether oxygens (including phenoxy) is 1. The first kappa shape index (κ1) is 13.7. The molecule has 1 saturated heterocycles. The van der Waals surface area contributed by atoms with Gasteiger partial charge in [0, 0.05) is 30.3 Å². The molecule has 2 unspecified atom stereocenters. The molecule has 3 nitrogen and oxygen atoms in total. The maximum atomic E-state index is 13.4. The van der Waals surface area contributed by atoms with E-state index in [4.69, 9.17) is 22.1 Å². The molecule has 1 heterocycles. The third-order valence-corrected chi connectivity index (χ3v) is 3.68. The number of nitrogens with two attached hydrogens (primary N) is 1. The molecule has 0 spiro atoms. The number of hydrogen-bond donors (Lipinski definition) is 1. The Labute approximate surface area is 112 Å². The summed E-state index contributed by atoms with van der Waals surface area (Å²) >= 11 is 5.89. The molecule has 0 saturated carbocycles. The van der Waals surface area contributed by atoms with Crippen LogP contribution in [0.4, 0.5) is 4.39 Å². The van der Waals surface area contributed by atoms with Crippen molar-refractivity contribution in [3.63, 3.8) is 0 Å². The molecule has 0 aliphatic carbocycles. The zero-order valence-electron chi connectivity index (χ0n) is 10.4. The van der Waals surface area contributed by atoms with Crippen LogP contribution in [-0.2, 0) is 4.74 Å². The van der Waals surface area contributed by atoms with Crippen molar-refractivity contribution in [3.05, 3.63) is 34.6 Å². The maximum absolute atomic E-state index is 13.4. The normalized spacial score (nSPS) is 21.5. The third-order valence-electron chi connectivity index (χ3n) is 3.47. The van der Waals surface area contributed by atoms with Gasteiger partial charge in [-0.05, 0) is 37.2 Å². The van der Waals surface area contributed by atoms with Crippen LogP contribution in [0.2, 0.25) is 5.02 Å². The van der Waals surface area contributed by atoms with Crippen molar-refractivity contribution >= 4 is 11.6 Å². The largest absolute Gasteiger partial charge is 0.380 e. The van der Waals surface area contributed by atoms with Crippen LogP contribution in [0.5, 0.6) is 0 Å². The van der Waals surface area contributed by atoms with E-state index in [-0.39, 0.29) is 11.9 Å². The number of hydrogen-bond acceptors (Lipinski definition) is 3. The van der Waals surface area contributed by atoms with Gasteiger partial charge in [-0.1, -0.05) is 11.6 Å². The molecule has 0 radical (unpaired) electrons. The zero-order chi connectivity index (χ0) is 13.1. The molecule has 1 aliphatic heterocycles. The van der Waals surface area contributed by atoms with E-state index in [0.29, 0.717) is 24.2 Å². The summed E-state index contributed by atoms with van der Waals surface area (Å²) in [4.78, 5) is 2.15. The molecule has 0 bridgehead atoms. The molecular formula is C13H18ClFN2O. The molecule has 1 aliphatic rings. The topological polar surface area (TPSA) is 38.5 Å². The summed E-state index contributed by atoms with van der Waals surface area (Å²) in [7, 11) is 2.00. The number of halogens is 2. The van der Waals surface area contributed by atoms with E-state index in [1.807, 2.05) is 7.05 Å².